The fraction of sp³-hybridized carbons (Fsp3) is 0.0833. The molecule has 134 valence electrons. The Morgan fingerprint density at radius 1 is 0.778 bits per heavy atom. The first-order valence-electron chi connectivity index (χ1n) is 8.83. The molecule has 4 rings (SSSR count). The van der Waals surface area contributed by atoms with Crippen molar-refractivity contribution in [2.45, 2.75) is 5.32 Å². The Balaban J connectivity index is 1.73. The van der Waals surface area contributed by atoms with Gasteiger partial charge < -0.3 is 0 Å². The molecule has 1 heterocycles. The van der Waals surface area contributed by atoms with Crippen molar-refractivity contribution in [3.05, 3.63) is 112 Å². The van der Waals surface area contributed by atoms with Crippen molar-refractivity contribution in [2.75, 3.05) is 0 Å². The Morgan fingerprint density at radius 2 is 1.44 bits per heavy atom. The maximum absolute atomic E-state index is 6.16. The normalized spacial score (nSPS) is 17.0. The van der Waals surface area contributed by atoms with E-state index in [-0.39, 0.29) is 0 Å². The first-order chi connectivity index (χ1) is 13.2. The summed E-state index contributed by atoms with van der Waals surface area (Å²) < 4.78 is 1.51. The third kappa shape index (κ3) is 4.23. The van der Waals surface area contributed by atoms with Crippen molar-refractivity contribution in [1.29, 1.82) is 0 Å². The summed E-state index contributed by atoms with van der Waals surface area (Å²) in [5.74, 6) is 0.414. The van der Waals surface area contributed by atoms with Gasteiger partial charge in [0.25, 0.3) is 0 Å². The molecule has 0 nitrogen and oxygen atoms in total. The van der Waals surface area contributed by atoms with Gasteiger partial charge in [0.05, 0.1) is 0 Å². The molecule has 0 fully saturated rings. The van der Waals surface area contributed by atoms with E-state index < -0.39 is 0 Å². The molecule has 1 aliphatic rings. The molecule has 0 radical (unpaired) electrons. The summed E-state index contributed by atoms with van der Waals surface area (Å²) in [4.78, 5) is 0. The third-order valence-corrected chi connectivity index (χ3v) is 8.01. The van der Waals surface area contributed by atoms with E-state index in [1.54, 1.807) is 0 Å². The summed E-state index contributed by atoms with van der Waals surface area (Å²) in [6.07, 6.45) is 4.49. The van der Waals surface area contributed by atoms with Crippen LogP contribution in [0.2, 0.25) is 15.4 Å². The van der Waals surface area contributed by atoms with Gasteiger partial charge >= 0.3 is 177 Å². The van der Waals surface area contributed by atoms with Crippen LogP contribution in [0.3, 0.4) is 0 Å². The molecule has 3 heteroatoms. The van der Waals surface area contributed by atoms with Crippen LogP contribution in [0.1, 0.15) is 16.7 Å². The van der Waals surface area contributed by atoms with Crippen LogP contribution in [0.25, 0.3) is 16.1 Å². The zero-order chi connectivity index (χ0) is 18.6. The first kappa shape index (κ1) is 18.6. The molecule has 1 atom stereocenters. The molecular formula is C24H18Cl2Se. The van der Waals surface area contributed by atoms with Gasteiger partial charge in [-0.2, -0.15) is 0 Å². The van der Waals surface area contributed by atoms with E-state index in [4.69, 9.17) is 23.2 Å². The Labute approximate surface area is 176 Å². The average molecular weight is 456 g/mol. The van der Waals surface area contributed by atoms with Crippen molar-refractivity contribution in [3.63, 3.8) is 0 Å². The average Bonchev–Trinajstić information content (AvgIpc) is 3.14. The molecule has 0 spiro atoms. The van der Waals surface area contributed by atoms with Crippen molar-refractivity contribution in [3.8, 4) is 0 Å². The predicted molar refractivity (Wildman–Crippen MR) is 119 cm³/mol. The summed E-state index contributed by atoms with van der Waals surface area (Å²) in [5.41, 5.74) is 5.21. The van der Waals surface area contributed by atoms with Crippen LogP contribution in [0.5, 0.6) is 0 Å². The van der Waals surface area contributed by atoms with Gasteiger partial charge in [-0.3, -0.25) is 0 Å². The van der Waals surface area contributed by atoms with Gasteiger partial charge in [-0.1, -0.05) is 0 Å². The summed E-state index contributed by atoms with van der Waals surface area (Å²) in [6.45, 7) is 0. The number of halogens is 2. The molecule has 0 aromatic heterocycles. The van der Waals surface area contributed by atoms with Crippen LogP contribution in [0, 0.1) is 5.92 Å². The van der Waals surface area contributed by atoms with Gasteiger partial charge in [0.15, 0.2) is 0 Å². The Kier molecular flexibility index (Phi) is 5.86. The molecule has 3 aromatic carbocycles. The second-order valence-corrected chi connectivity index (χ2v) is 9.40. The first-order valence-corrected chi connectivity index (χ1v) is 11.7. The van der Waals surface area contributed by atoms with E-state index in [2.05, 4.69) is 72.8 Å². The molecule has 0 amide bonds. The predicted octanol–water partition coefficient (Wildman–Crippen LogP) is 7.33. The zero-order valence-corrected chi connectivity index (χ0v) is 17.8. The van der Waals surface area contributed by atoms with Crippen molar-refractivity contribution >= 4 is 54.3 Å². The van der Waals surface area contributed by atoms with E-state index >= 15 is 0 Å². The quantitative estimate of drug-likeness (QED) is 0.361. The second-order valence-electron chi connectivity index (χ2n) is 6.43. The van der Waals surface area contributed by atoms with E-state index in [1.807, 2.05) is 18.2 Å². The van der Waals surface area contributed by atoms with Gasteiger partial charge in [0.2, 0.25) is 0 Å². The van der Waals surface area contributed by atoms with Gasteiger partial charge in [-0.15, -0.1) is 0 Å². The fourth-order valence-corrected chi connectivity index (χ4v) is 6.43. The molecule has 0 N–H and O–H groups in total. The van der Waals surface area contributed by atoms with E-state index in [0.29, 0.717) is 30.9 Å². The van der Waals surface area contributed by atoms with Crippen LogP contribution in [0.15, 0.2) is 84.9 Å². The summed E-state index contributed by atoms with van der Waals surface area (Å²) >= 11 is 12.7. The van der Waals surface area contributed by atoms with Crippen LogP contribution >= 0.6 is 23.2 Å². The number of benzene rings is 3. The SMILES string of the molecule is Clc1ccc(/C=C/C2C[Se]C(c3ccccc3)=C2c2ccccc2)cc1Cl. The molecule has 27 heavy (non-hydrogen) atoms. The van der Waals surface area contributed by atoms with Crippen LogP contribution in [0.4, 0.5) is 0 Å². The molecular weight excluding hydrogens is 438 g/mol. The standard InChI is InChI=1S/C24H18Cl2Se/c25-21-14-12-17(15-22(21)26)11-13-20-16-27-24(19-9-5-2-6-10-19)23(20)18-7-3-1-4-8-18/h1-15,20H,16H2/b13-11+. The third-order valence-electron chi connectivity index (χ3n) is 4.61. The topological polar surface area (TPSA) is 0 Å². The fourth-order valence-electron chi connectivity index (χ4n) is 3.29. The molecule has 0 aliphatic carbocycles. The summed E-state index contributed by atoms with van der Waals surface area (Å²) in [6, 6.07) is 27.3. The molecule has 3 aromatic rings. The minimum absolute atomic E-state index is 0.414. The zero-order valence-electron chi connectivity index (χ0n) is 14.6. The number of rotatable bonds is 4. The monoisotopic (exact) mass is 456 g/mol. The number of allylic oxidation sites excluding steroid dienone is 2. The van der Waals surface area contributed by atoms with E-state index in [9.17, 15) is 0 Å². The summed E-state index contributed by atoms with van der Waals surface area (Å²) in [5, 5.41) is 2.37. The Bertz CT molecular complexity index is 991. The van der Waals surface area contributed by atoms with Crippen molar-refractivity contribution in [2.24, 2.45) is 5.92 Å². The maximum atomic E-state index is 6.16. The van der Waals surface area contributed by atoms with Crippen molar-refractivity contribution in [1.82, 2.24) is 0 Å². The molecule has 0 saturated heterocycles. The molecule has 1 aliphatic heterocycles. The summed E-state index contributed by atoms with van der Waals surface area (Å²) in [7, 11) is 0. The molecule has 1 unspecified atom stereocenters. The Morgan fingerprint density at radius 3 is 2.11 bits per heavy atom. The van der Waals surface area contributed by atoms with Crippen molar-refractivity contribution < 1.29 is 0 Å². The van der Waals surface area contributed by atoms with Gasteiger partial charge in [0.1, 0.15) is 0 Å². The second kappa shape index (κ2) is 8.50. The van der Waals surface area contributed by atoms with E-state index in [0.717, 1.165) is 5.56 Å². The van der Waals surface area contributed by atoms with Crippen LogP contribution in [-0.4, -0.2) is 15.0 Å². The minimum atomic E-state index is 0.414. The van der Waals surface area contributed by atoms with Crippen LogP contribution < -0.4 is 0 Å². The van der Waals surface area contributed by atoms with Gasteiger partial charge in [-0.05, 0) is 0 Å². The van der Waals surface area contributed by atoms with Gasteiger partial charge in [-0.25, -0.2) is 0 Å². The molecule has 0 saturated carbocycles. The van der Waals surface area contributed by atoms with Crippen LogP contribution in [-0.2, 0) is 0 Å². The number of hydrogen-bond donors (Lipinski definition) is 0. The van der Waals surface area contributed by atoms with E-state index in [1.165, 1.54) is 26.5 Å². The number of hydrogen-bond acceptors (Lipinski definition) is 0. The Hall–Kier alpha value is -1.76. The van der Waals surface area contributed by atoms with Gasteiger partial charge in [0, 0.05) is 0 Å². The molecule has 0 bridgehead atoms.